The van der Waals surface area contributed by atoms with Crippen molar-refractivity contribution in [3.8, 4) is 17.0 Å². The van der Waals surface area contributed by atoms with Crippen molar-refractivity contribution in [3.05, 3.63) is 120 Å². The second-order valence-corrected chi connectivity index (χ2v) is 15.5. The zero-order chi connectivity index (χ0) is 25.3. The molecule has 4 nitrogen and oxygen atoms in total. The highest BCUT2D eigenvalue weighted by atomic mass is 28.4. The summed E-state index contributed by atoms with van der Waals surface area (Å²) in [5, 5.41) is 0.128. The first kappa shape index (κ1) is 24.0. The quantitative estimate of drug-likeness (QED) is 0.226. The molecule has 0 saturated heterocycles. The summed E-state index contributed by atoms with van der Waals surface area (Å²) >= 11 is 0. The molecule has 0 aliphatic rings. The molecule has 5 rings (SSSR count). The van der Waals surface area contributed by atoms with E-state index in [0.29, 0.717) is 0 Å². The third-order valence-electron chi connectivity index (χ3n) is 7.25. The third-order valence-corrected chi connectivity index (χ3v) is 11.6. The van der Waals surface area contributed by atoms with Crippen molar-refractivity contribution in [2.24, 2.45) is 0 Å². The summed E-state index contributed by atoms with van der Waals surface area (Å²) in [6, 6.07) is 29.4. The molecule has 0 radical (unpaired) electrons. The molecule has 0 aliphatic carbocycles. The lowest BCUT2D eigenvalue weighted by Gasteiger charge is -2.36. The standard InChI is InChI=1S/C31H33N3OSi/c1-31(2,3)36(4,5)35-26-18-12-17-25(21-26)27-22-34-20-19-32-30(34)29(33-27)28(23-13-8-6-9-14-23)24-15-10-7-11-16-24/h6-22,28H,1-5H3. The van der Waals surface area contributed by atoms with Gasteiger partial charge in [0, 0.05) is 24.2 Å². The van der Waals surface area contributed by atoms with Crippen LogP contribution in [0.1, 0.15) is 43.5 Å². The van der Waals surface area contributed by atoms with Crippen LogP contribution >= 0.6 is 0 Å². The van der Waals surface area contributed by atoms with Crippen LogP contribution in [-0.4, -0.2) is 22.7 Å². The van der Waals surface area contributed by atoms with Crippen molar-refractivity contribution in [1.82, 2.24) is 14.4 Å². The van der Waals surface area contributed by atoms with Crippen LogP contribution in [0.4, 0.5) is 0 Å². The van der Waals surface area contributed by atoms with Gasteiger partial charge in [0.05, 0.1) is 17.3 Å². The highest BCUT2D eigenvalue weighted by Gasteiger charge is 2.39. The molecule has 0 aliphatic heterocycles. The van der Waals surface area contributed by atoms with Crippen LogP contribution in [0, 0.1) is 0 Å². The lowest BCUT2D eigenvalue weighted by atomic mass is 9.88. The predicted molar refractivity (Wildman–Crippen MR) is 150 cm³/mol. The van der Waals surface area contributed by atoms with Gasteiger partial charge in [0.25, 0.3) is 0 Å². The zero-order valence-corrected chi connectivity index (χ0v) is 22.6. The van der Waals surface area contributed by atoms with Crippen LogP contribution in [0.25, 0.3) is 16.9 Å². The van der Waals surface area contributed by atoms with Crippen LogP contribution < -0.4 is 4.43 Å². The fourth-order valence-corrected chi connectivity index (χ4v) is 5.28. The van der Waals surface area contributed by atoms with Gasteiger partial charge in [0.15, 0.2) is 5.65 Å². The lowest BCUT2D eigenvalue weighted by Crippen LogP contribution is -2.43. The van der Waals surface area contributed by atoms with Crippen LogP contribution in [-0.2, 0) is 0 Å². The fourth-order valence-electron chi connectivity index (χ4n) is 4.25. The van der Waals surface area contributed by atoms with Crippen molar-refractivity contribution in [2.45, 2.75) is 44.8 Å². The number of nitrogens with zero attached hydrogens (tertiary/aromatic N) is 3. The van der Waals surface area contributed by atoms with Gasteiger partial charge in [-0.15, -0.1) is 0 Å². The second kappa shape index (κ2) is 9.39. The van der Waals surface area contributed by atoms with Gasteiger partial charge in [0.1, 0.15) is 5.75 Å². The molecule has 3 aromatic carbocycles. The smallest absolute Gasteiger partial charge is 0.250 e. The molecule has 0 unspecified atom stereocenters. The largest absolute Gasteiger partial charge is 0.543 e. The summed E-state index contributed by atoms with van der Waals surface area (Å²) in [5.74, 6) is 0.861. The molecular formula is C31H33N3OSi. The topological polar surface area (TPSA) is 39.4 Å². The zero-order valence-electron chi connectivity index (χ0n) is 21.6. The number of benzene rings is 3. The van der Waals surface area contributed by atoms with Crippen molar-refractivity contribution in [1.29, 1.82) is 0 Å². The highest BCUT2D eigenvalue weighted by Crippen LogP contribution is 2.38. The van der Waals surface area contributed by atoms with Crippen LogP contribution in [0.2, 0.25) is 18.1 Å². The maximum atomic E-state index is 6.61. The molecular weight excluding hydrogens is 458 g/mol. The molecule has 182 valence electrons. The summed E-state index contributed by atoms with van der Waals surface area (Å²) in [5.41, 5.74) is 6.10. The Kier molecular flexibility index (Phi) is 6.27. The van der Waals surface area contributed by atoms with E-state index in [4.69, 9.17) is 14.4 Å². The Bertz CT molecular complexity index is 1430. The summed E-state index contributed by atoms with van der Waals surface area (Å²) in [4.78, 5) is 9.95. The van der Waals surface area contributed by atoms with Crippen molar-refractivity contribution in [2.75, 3.05) is 0 Å². The number of hydrogen-bond donors (Lipinski definition) is 0. The first-order chi connectivity index (χ1) is 17.2. The number of fused-ring (bicyclic) bond motifs is 1. The molecule has 0 N–H and O–H groups in total. The van der Waals surface area contributed by atoms with Gasteiger partial charge < -0.3 is 8.83 Å². The molecule has 0 spiro atoms. The monoisotopic (exact) mass is 491 g/mol. The fraction of sp³-hybridized carbons (Fsp3) is 0.226. The predicted octanol–water partition coefficient (Wildman–Crippen LogP) is 7.96. The third kappa shape index (κ3) is 4.71. The molecule has 5 heteroatoms. The summed E-state index contributed by atoms with van der Waals surface area (Å²) in [6.45, 7) is 11.3. The number of hydrogen-bond acceptors (Lipinski definition) is 3. The molecule has 2 aromatic heterocycles. The Morgan fingerprint density at radius 3 is 2.08 bits per heavy atom. The molecule has 0 bridgehead atoms. The summed E-state index contributed by atoms with van der Waals surface area (Å²) in [6.07, 6.45) is 5.89. The van der Waals surface area contributed by atoms with Gasteiger partial charge in [-0.25, -0.2) is 9.97 Å². The van der Waals surface area contributed by atoms with E-state index in [-0.39, 0.29) is 11.0 Å². The molecule has 0 fully saturated rings. The lowest BCUT2D eigenvalue weighted by molar-refractivity contribution is 0.492. The van der Waals surface area contributed by atoms with Crippen LogP contribution in [0.3, 0.4) is 0 Å². The first-order valence-corrected chi connectivity index (χ1v) is 15.4. The Morgan fingerprint density at radius 2 is 1.47 bits per heavy atom. The van der Waals surface area contributed by atoms with Gasteiger partial charge in [-0.05, 0) is 41.4 Å². The molecule has 2 heterocycles. The number of aromatic nitrogens is 3. The molecule has 36 heavy (non-hydrogen) atoms. The van der Waals surface area contributed by atoms with Crippen molar-refractivity contribution >= 4 is 14.0 Å². The van der Waals surface area contributed by atoms with E-state index in [1.165, 1.54) is 11.1 Å². The van der Waals surface area contributed by atoms with Crippen LogP contribution in [0.5, 0.6) is 5.75 Å². The minimum absolute atomic E-state index is 0.0380. The van der Waals surface area contributed by atoms with E-state index in [2.05, 4.69) is 129 Å². The normalized spacial score (nSPS) is 12.3. The number of rotatable bonds is 6. The van der Waals surface area contributed by atoms with Gasteiger partial charge >= 0.3 is 0 Å². The number of imidazole rings is 1. The Labute approximate surface area is 214 Å². The Balaban J connectivity index is 1.64. The van der Waals surface area contributed by atoms with E-state index in [1.54, 1.807) is 0 Å². The first-order valence-electron chi connectivity index (χ1n) is 12.5. The van der Waals surface area contributed by atoms with Crippen molar-refractivity contribution < 1.29 is 4.43 Å². The minimum Gasteiger partial charge on any atom is -0.543 e. The maximum Gasteiger partial charge on any atom is 0.250 e. The Morgan fingerprint density at radius 1 is 0.833 bits per heavy atom. The summed E-state index contributed by atoms with van der Waals surface area (Å²) < 4.78 is 8.69. The van der Waals surface area contributed by atoms with Gasteiger partial charge in [-0.1, -0.05) is 93.6 Å². The Hall–Kier alpha value is -3.70. The van der Waals surface area contributed by atoms with E-state index >= 15 is 0 Å². The average molecular weight is 492 g/mol. The van der Waals surface area contributed by atoms with Gasteiger partial charge in [0.2, 0.25) is 8.32 Å². The van der Waals surface area contributed by atoms with Gasteiger partial charge in [-0.3, -0.25) is 0 Å². The highest BCUT2D eigenvalue weighted by molar-refractivity contribution is 6.74. The van der Waals surface area contributed by atoms with E-state index in [0.717, 1.165) is 28.3 Å². The van der Waals surface area contributed by atoms with Crippen LogP contribution in [0.15, 0.2) is 104 Å². The summed E-state index contributed by atoms with van der Waals surface area (Å²) in [7, 11) is -1.96. The average Bonchev–Trinajstić information content (AvgIpc) is 3.34. The second-order valence-electron chi connectivity index (χ2n) is 10.8. The SMILES string of the molecule is CC(C)(C)[Si](C)(C)Oc1cccc(-c2cn3ccnc3c(C(c3ccccc3)c3ccccc3)n2)c1. The van der Waals surface area contributed by atoms with E-state index in [9.17, 15) is 0 Å². The van der Waals surface area contributed by atoms with E-state index < -0.39 is 8.32 Å². The minimum atomic E-state index is -1.96. The van der Waals surface area contributed by atoms with Gasteiger partial charge in [-0.2, -0.15) is 0 Å². The molecule has 0 amide bonds. The molecule has 0 saturated carbocycles. The molecule has 0 atom stereocenters. The van der Waals surface area contributed by atoms with E-state index in [1.807, 2.05) is 12.4 Å². The maximum absolute atomic E-state index is 6.61. The molecule has 5 aromatic rings. The van der Waals surface area contributed by atoms with Crippen molar-refractivity contribution in [3.63, 3.8) is 0 Å².